The lowest BCUT2D eigenvalue weighted by Gasteiger charge is -2.28. The topological polar surface area (TPSA) is 52.7 Å². The quantitative estimate of drug-likeness (QED) is 0.838. The van der Waals surface area contributed by atoms with Crippen LogP contribution in [-0.4, -0.2) is 60.4 Å². The maximum absolute atomic E-state index is 12.7. The highest BCUT2D eigenvalue weighted by Gasteiger charge is 2.38. The van der Waals surface area contributed by atoms with Crippen molar-refractivity contribution in [2.75, 3.05) is 36.5 Å². The molecule has 1 N–H and O–H groups in total. The van der Waals surface area contributed by atoms with Crippen LogP contribution in [0.2, 0.25) is 5.02 Å². The molecule has 1 aromatic rings. The largest absolute Gasteiger partial charge is 0.334 e. The highest BCUT2D eigenvalue weighted by molar-refractivity contribution is 7.99. The molecule has 138 valence electrons. The van der Waals surface area contributed by atoms with Gasteiger partial charge < -0.3 is 15.1 Å². The molecule has 0 saturated carbocycles. The Morgan fingerprint density at radius 2 is 2.20 bits per heavy atom. The minimum atomic E-state index is -0.398. The number of anilines is 1. The number of halogens is 2. The Hall–Kier alpha value is -0.950. The van der Waals surface area contributed by atoms with Gasteiger partial charge in [0.15, 0.2) is 0 Å². The van der Waals surface area contributed by atoms with Crippen LogP contribution in [0.4, 0.5) is 5.69 Å². The number of benzene rings is 1. The van der Waals surface area contributed by atoms with Crippen LogP contribution in [-0.2, 0) is 9.59 Å². The summed E-state index contributed by atoms with van der Waals surface area (Å²) >= 11 is 8.07. The maximum Gasteiger partial charge on any atom is 0.249 e. The zero-order valence-corrected chi connectivity index (χ0v) is 16.5. The maximum atomic E-state index is 12.7. The van der Waals surface area contributed by atoms with Crippen molar-refractivity contribution in [3.63, 3.8) is 0 Å². The molecule has 0 aromatic heterocycles. The molecule has 5 nitrogen and oxygen atoms in total. The first-order valence-electron chi connectivity index (χ1n) is 8.20. The monoisotopic (exact) mass is 403 g/mol. The van der Waals surface area contributed by atoms with Crippen LogP contribution in [0, 0.1) is 0 Å². The van der Waals surface area contributed by atoms with Crippen LogP contribution in [0.25, 0.3) is 0 Å². The van der Waals surface area contributed by atoms with Crippen molar-refractivity contribution >= 4 is 53.3 Å². The van der Waals surface area contributed by atoms with Crippen molar-refractivity contribution in [3.8, 4) is 0 Å². The summed E-state index contributed by atoms with van der Waals surface area (Å²) in [6, 6.07) is 7.13. The Bertz CT molecular complexity index is 626. The average Bonchev–Trinajstić information content (AvgIpc) is 2.97. The van der Waals surface area contributed by atoms with Crippen molar-refractivity contribution < 1.29 is 9.59 Å². The molecule has 2 atom stereocenters. The third-order valence-corrected chi connectivity index (χ3v) is 6.05. The minimum absolute atomic E-state index is 0. The molecule has 8 heteroatoms. The van der Waals surface area contributed by atoms with E-state index in [1.54, 1.807) is 22.9 Å². The van der Waals surface area contributed by atoms with Gasteiger partial charge in [0, 0.05) is 44.1 Å². The van der Waals surface area contributed by atoms with Crippen molar-refractivity contribution in [2.24, 2.45) is 0 Å². The predicted octanol–water partition coefficient (Wildman–Crippen LogP) is 2.42. The second-order valence-electron chi connectivity index (χ2n) is 6.18. The second-order valence-corrected chi connectivity index (χ2v) is 7.74. The molecule has 2 aliphatic rings. The fourth-order valence-corrected chi connectivity index (χ4v) is 4.40. The third-order valence-electron chi connectivity index (χ3n) is 4.60. The number of rotatable bonds is 4. The molecular formula is C17H23Cl2N3O2S. The van der Waals surface area contributed by atoms with Crippen LogP contribution in [0.5, 0.6) is 0 Å². The van der Waals surface area contributed by atoms with Crippen molar-refractivity contribution in [3.05, 3.63) is 29.3 Å². The normalized spacial score (nSPS) is 23.3. The molecule has 0 aliphatic carbocycles. The summed E-state index contributed by atoms with van der Waals surface area (Å²) in [7, 11) is 1.73. The van der Waals surface area contributed by atoms with Crippen LogP contribution in [0.1, 0.15) is 12.8 Å². The molecule has 25 heavy (non-hydrogen) atoms. The Morgan fingerprint density at radius 1 is 1.44 bits per heavy atom. The van der Waals surface area contributed by atoms with Crippen LogP contribution in [0.15, 0.2) is 24.3 Å². The number of likely N-dealkylation sites (N-methyl/N-ethyl adjacent to an activating group) is 1. The average molecular weight is 404 g/mol. The van der Waals surface area contributed by atoms with Gasteiger partial charge in [0.05, 0.1) is 10.7 Å². The number of hydrogen-bond acceptors (Lipinski definition) is 4. The van der Waals surface area contributed by atoms with Gasteiger partial charge in [0.1, 0.15) is 6.04 Å². The lowest BCUT2D eigenvalue weighted by atomic mass is 10.1. The van der Waals surface area contributed by atoms with Gasteiger partial charge in [-0.25, -0.2) is 0 Å². The van der Waals surface area contributed by atoms with E-state index in [2.05, 4.69) is 5.32 Å². The Kier molecular flexibility index (Phi) is 7.43. The fourth-order valence-electron chi connectivity index (χ4n) is 3.21. The number of nitrogens with zero attached hydrogens (tertiary/aromatic N) is 2. The standard InChI is InChI=1S/C17H22ClN3O2S.ClH/c1-20(16(22)10-12-11-24-9-7-19-12)15-6-8-21(17(15)23)14-5-3-2-4-13(14)18;/h2-5,12,15,19H,6-11H2,1H3;1H. The highest BCUT2D eigenvalue weighted by Crippen LogP contribution is 2.30. The van der Waals surface area contributed by atoms with Gasteiger partial charge in [-0.2, -0.15) is 11.8 Å². The van der Waals surface area contributed by atoms with Crippen molar-refractivity contribution in [1.29, 1.82) is 0 Å². The minimum Gasteiger partial charge on any atom is -0.334 e. The van der Waals surface area contributed by atoms with Gasteiger partial charge in [-0.3, -0.25) is 9.59 Å². The second kappa shape index (κ2) is 9.12. The fraction of sp³-hybridized carbons (Fsp3) is 0.529. The van der Waals surface area contributed by atoms with E-state index in [0.717, 1.165) is 23.7 Å². The third kappa shape index (κ3) is 4.61. The Morgan fingerprint density at radius 3 is 2.88 bits per heavy atom. The summed E-state index contributed by atoms with van der Waals surface area (Å²) in [5.74, 6) is 2.01. The first-order valence-corrected chi connectivity index (χ1v) is 9.74. The summed E-state index contributed by atoms with van der Waals surface area (Å²) in [5, 5.41) is 3.93. The summed E-state index contributed by atoms with van der Waals surface area (Å²) in [6.45, 7) is 1.53. The molecule has 2 aliphatic heterocycles. The molecule has 3 rings (SSSR count). The number of carbonyl (C=O) groups excluding carboxylic acids is 2. The molecule has 2 saturated heterocycles. The molecule has 2 amide bonds. The van der Waals surface area contributed by atoms with Gasteiger partial charge in [-0.1, -0.05) is 23.7 Å². The predicted molar refractivity (Wildman–Crippen MR) is 106 cm³/mol. The highest BCUT2D eigenvalue weighted by atomic mass is 35.5. The number of nitrogens with one attached hydrogen (secondary N) is 1. The molecule has 2 heterocycles. The summed E-state index contributed by atoms with van der Waals surface area (Å²) < 4.78 is 0. The van der Waals surface area contributed by atoms with E-state index < -0.39 is 6.04 Å². The molecule has 0 bridgehead atoms. The molecule has 1 aromatic carbocycles. The number of para-hydroxylation sites is 1. The summed E-state index contributed by atoms with van der Waals surface area (Å²) in [4.78, 5) is 28.6. The van der Waals surface area contributed by atoms with E-state index in [0.29, 0.717) is 24.4 Å². The lowest BCUT2D eigenvalue weighted by molar-refractivity contribution is -0.137. The van der Waals surface area contributed by atoms with Gasteiger partial charge in [0.25, 0.3) is 0 Å². The Balaban J connectivity index is 0.00000225. The van der Waals surface area contributed by atoms with Crippen molar-refractivity contribution in [1.82, 2.24) is 10.2 Å². The number of amides is 2. The van der Waals surface area contributed by atoms with Crippen LogP contribution >= 0.6 is 35.8 Å². The van der Waals surface area contributed by atoms with E-state index >= 15 is 0 Å². The number of thioether (sulfide) groups is 1. The Labute approximate surface area is 163 Å². The molecular weight excluding hydrogens is 381 g/mol. The van der Waals surface area contributed by atoms with Gasteiger partial charge in [0.2, 0.25) is 11.8 Å². The van der Waals surface area contributed by atoms with Crippen molar-refractivity contribution in [2.45, 2.75) is 24.9 Å². The SMILES string of the molecule is CN(C(=O)CC1CSCCN1)C1CCN(c2ccccc2Cl)C1=O.Cl. The van der Waals surface area contributed by atoms with Crippen LogP contribution < -0.4 is 10.2 Å². The van der Waals surface area contributed by atoms with E-state index in [-0.39, 0.29) is 30.3 Å². The zero-order chi connectivity index (χ0) is 17.1. The smallest absolute Gasteiger partial charge is 0.249 e. The van der Waals surface area contributed by atoms with E-state index in [9.17, 15) is 9.59 Å². The van der Waals surface area contributed by atoms with Gasteiger partial charge in [-0.05, 0) is 18.6 Å². The molecule has 2 fully saturated rings. The molecule has 0 radical (unpaired) electrons. The van der Waals surface area contributed by atoms with E-state index in [1.807, 2.05) is 30.0 Å². The summed E-state index contributed by atoms with van der Waals surface area (Å²) in [6.07, 6.45) is 1.08. The van der Waals surface area contributed by atoms with Gasteiger partial charge in [-0.15, -0.1) is 12.4 Å². The van der Waals surface area contributed by atoms with Crippen LogP contribution in [0.3, 0.4) is 0 Å². The number of hydrogen-bond donors (Lipinski definition) is 1. The first-order chi connectivity index (χ1) is 11.6. The van der Waals surface area contributed by atoms with E-state index in [1.165, 1.54) is 0 Å². The first kappa shape index (κ1) is 20.4. The zero-order valence-electron chi connectivity index (χ0n) is 14.1. The lowest BCUT2D eigenvalue weighted by Crippen LogP contribution is -2.46. The van der Waals surface area contributed by atoms with E-state index in [4.69, 9.17) is 11.6 Å². The molecule has 0 spiro atoms. The summed E-state index contributed by atoms with van der Waals surface area (Å²) in [5.41, 5.74) is 0.720. The molecule has 2 unspecified atom stereocenters. The van der Waals surface area contributed by atoms with Gasteiger partial charge >= 0.3 is 0 Å². The number of carbonyl (C=O) groups is 2.